The second-order valence-corrected chi connectivity index (χ2v) is 9.82. The normalized spacial score (nSPS) is 12.4. The number of hydrogen-bond acceptors (Lipinski definition) is 7. The smallest absolute Gasteiger partial charge is 0.416 e. The van der Waals surface area contributed by atoms with Gasteiger partial charge in [-0.05, 0) is 53.6 Å². The van der Waals surface area contributed by atoms with Crippen molar-refractivity contribution in [1.82, 2.24) is 10.1 Å². The molecular weight excluding hydrogens is 515 g/mol. The zero-order valence-corrected chi connectivity index (χ0v) is 21.2. The molecule has 3 aromatic carbocycles. The number of rotatable bonds is 7. The van der Waals surface area contributed by atoms with E-state index in [1.54, 1.807) is 18.2 Å². The SMILES string of the molecule is COC(=O)c1ccc(CNc2cc(-c3noc(C(C)c4cccc5ccccc45)n3)cc(C(F)(F)F)c2)s1. The van der Waals surface area contributed by atoms with E-state index in [0.29, 0.717) is 10.8 Å². The van der Waals surface area contributed by atoms with Gasteiger partial charge in [0.25, 0.3) is 0 Å². The van der Waals surface area contributed by atoms with Gasteiger partial charge in [-0.1, -0.05) is 47.6 Å². The molecule has 1 atom stereocenters. The Hall–Kier alpha value is -4.18. The topological polar surface area (TPSA) is 77.2 Å². The number of anilines is 1. The van der Waals surface area contributed by atoms with Gasteiger partial charge in [-0.25, -0.2) is 4.79 Å². The molecule has 0 bridgehead atoms. The molecule has 2 heterocycles. The standard InChI is InChI=1S/C28H22F3N3O3S/c1-16(22-9-5-7-17-6-3-4-8-23(17)22)26-33-25(34-37-26)18-12-19(28(29,30)31)14-20(13-18)32-15-21-10-11-24(38-21)27(35)36-2/h3-14,16,32H,15H2,1-2H3. The summed E-state index contributed by atoms with van der Waals surface area (Å²) in [5, 5.41) is 9.10. The number of aromatic nitrogens is 2. The summed E-state index contributed by atoms with van der Waals surface area (Å²) in [6, 6.07) is 20.7. The lowest BCUT2D eigenvalue weighted by atomic mass is 9.95. The van der Waals surface area contributed by atoms with E-state index in [9.17, 15) is 18.0 Å². The van der Waals surface area contributed by atoms with Gasteiger partial charge in [0.05, 0.1) is 18.6 Å². The van der Waals surface area contributed by atoms with Gasteiger partial charge in [0.2, 0.25) is 11.7 Å². The molecule has 1 unspecified atom stereocenters. The number of benzene rings is 3. The molecule has 5 rings (SSSR count). The van der Waals surface area contributed by atoms with Crippen LogP contribution in [0.2, 0.25) is 0 Å². The maximum atomic E-state index is 13.7. The Labute approximate surface area is 220 Å². The molecule has 194 valence electrons. The first-order valence-corrected chi connectivity index (χ1v) is 12.5. The maximum absolute atomic E-state index is 13.7. The van der Waals surface area contributed by atoms with Gasteiger partial charge in [0.1, 0.15) is 4.88 Å². The molecule has 0 amide bonds. The summed E-state index contributed by atoms with van der Waals surface area (Å²) < 4.78 is 51.4. The fourth-order valence-corrected chi connectivity index (χ4v) is 5.05. The Morgan fingerprint density at radius 1 is 1.08 bits per heavy atom. The van der Waals surface area contributed by atoms with E-state index in [4.69, 9.17) is 9.26 Å². The van der Waals surface area contributed by atoms with Gasteiger partial charge in [0, 0.05) is 22.7 Å². The van der Waals surface area contributed by atoms with Crippen LogP contribution < -0.4 is 5.32 Å². The summed E-state index contributed by atoms with van der Waals surface area (Å²) in [6.07, 6.45) is -4.57. The number of ether oxygens (including phenoxy) is 1. The van der Waals surface area contributed by atoms with Crippen LogP contribution in [0.5, 0.6) is 0 Å². The Kier molecular flexibility index (Phi) is 6.90. The molecule has 38 heavy (non-hydrogen) atoms. The lowest BCUT2D eigenvalue weighted by Crippen LogP contribution is -2.07. The second-order valence-electron chi connectivity index (χ2n) is 8.65. The van der Waals surface area contributed by atoms with Crippen molar-refractivity contribution in [3.8, 4) is 11.4 Å². The summed E-state index contributed by atoms with van der Waals surface area (Å²) in [7, 11) is 1.29. The highest BCUT2D eigenvalue weighted by molar-refractivity contribution is 7.13. The highest BCUT2D eigenvalue weighted by Crippen LogP contribution is 2.36. The van der Waals surface area contributed by atoms with E-state index in [-0.39, 0.29) is 29.5 Å². The predicted octanol–water partition coefficient (Wildman–Crippen LogP) is 7.52. The van der Waals surface area contributed by atoms with Crippen molar-refractivity contribution >= 4 is 33.8 Å². The lowest BCUT2D eigenvalue weighted by Gasteiger charge is -2.12. The minimum absolute atomic E-state index is 0.0605. The second kappa shape index (κ2) is 10.3. The van der Waals surface area contributed by atoms with Gasteiger partial charge >= 0.3 is 12.1 Å². The molecule has 0 spiro atoms. The molecule has 0 aliphatic carbocycles. The molecule has 6 nitrogen and oxygen atoms in total. The lowest BCUT2D eigenvalue weighted by molar-refractivity contribution is -0.137. The van der Waals surface area contributed by atoms with Crippen LogP contribution in [-0.2, 0) is 17.5 Å². The van der Waals surface area contributed by atoms with E-state index >= 15 is 0 Å². The van der Waals surface area contributed by atoms with Crippen LogP contribution in [0.15, 0.2) is 77.3 Å². The van der Waals surface area contributed by atoms with E-state index in [0.717, 1.165) is 33.3 Å². The molecular formula is C28H22F3N3O3S. The van der Waals surface area contributed by atoms with Crippen molar-refractivity contribution in [2.45, 2.75) is 25.6 Å². The van der Waals surface area contributed by atoms with Gasteiger partial charge in [0.15, 0.2) is 0 Å². The first-order chi connectivity index (χ1) is 18.2. The first-order valence-electron chi connectivity index (χ1n) is 11.7. The Morgan fingerprint density at radius 3 is 2.66 bits per heavy atom. The first kappa shape index (κ1) is 25.5. The number of carbonyl (C=O) groups is 1. The summed E-state index contributed by atoms with van der Waals surface area (Å²) in [5.74, 6) is -0.371. The van der Waals surface area contributed by atoms with Gasteiger partial charge < -0.3 is 14.6 Å². The number of hydrogen-bond donors (Lipinski definition) is 1. The van der Waals surface area contributed by atoms with E-state index < -0.39 is 17.7 Å². The number of methoxy groups -OCH3 is 1. The molecule has 1 N–H and O–H groups in total. The van der Waals surface area contributed by atoms with Crippen LogP contribution in [0.3, 0.4) is 0 Å². The Balaban J connectivity index is 1.43. The molecule has 0 radical (unpaired) electrons. The van der Waals surface area contributed by atoms with Crippen molar-refractivity contribution in [1.29, 1.82) is 0 Å². The molecule has 2 aromatic heterocycles. The van der Waals surface area contributed by atoms with Crippen LogP contribution in [0.25, 0.3) is 22.2 Å². The molecule has 0 saturated carbocycles. The number of thiophene rings is 1. The van der Waals surface area contributed by atoms with Crippen LogP contribution >= 0.6 is 11.3 Å². The predicted molar refractivity (Wildman–Crippen MR) is 139 cm³/mol. The van der Waals surface area contributed by atoms with Gasteiger partial charge in [-0.3, -0.25) is 0 Å². The molecule has 0 aliphatic rings. The third kappa shape index (κ3) is 5.26. The van der Waals surface area contributed by atoms with Crippen LogP contribution in [0.4, 0.5) is 18.9 Å². The fraction of sp³-hybridized carbons (Fsp3) is 0.179. The average Bonchev–Trinajstić information content (AvgIpc) is 3.61. The average molecular weight is 538 g/mol. The quantitative estimate of drug-likeness (QED) is 0.216. The van der Waals surface area contributed by atoms with Crippen molar-refractivity contribution < 1.29 is 27.2 Å². The third-order valence-electron chi connectivity index (χ3n) is 6.14. The summed E-state index contributed by atoms with van der Waals surface area (Å²) in [4.78, 5) is 17.3. The molecule has 0 aliphatic heterocycles. The van der Waals surface area contributed by atoms with Gasteiger partial charge in [-0.15, -0.1) is 11.3 Å². The number of nitrogens with one attached hydrogen (secondary N) is 1. The Morgan fingerprint density at radius 2 is 1.87 bits per heavy atom. The van der Waals surface area contributed by atoms with E-state index in [1.165, 1.54) is 18.4 Å². The molecule has 10 heteroatoms. The fourth-order valence-electron chi connectivity index (χ4n) is 4.18. The largest absolute Gasteiger partial charge is 0.465 e. The highest BCUT2D eigenvalue weighted by atomic mass is 32.1. The molecule has 0 saturated heterocycles. The third-order valence-corrected chi connectivity index (χ3v) is 7.20. The summed E-state index contributed by atoms with van der Waals surface area (Å²) in [5.41, 5.74) is 0.541. The molecule has 5 aromatic rings. The number of nitrogens with zero attached hydrogens (tertiary/aromatic N) is 2. The number of carbonyl (C=O) groups excluding carboxylic acids is 1. The van der Waals surface area contributed by atoms with Crippen LogP contribution in [0, 0.1) is 0 Å². The molecule has 0 fully saturated rings. The minimum atomic E-state index is -4.57. The van der Waals surface area contributed by atoms with Crippen LogP contribution in [0.1, 0.15) is 44.4 Å². The zero-order chi connectivity index (χ0) is 26.9. The van der Waals surface area contributed by atoms with Gasteiger partial charge in [-0.2, -0.15) is 18.2 Å². The highest BCUT2D eigenvalue weighted by Gasteiger charge is 2.32. The zero-order valence-electron chi connectivity index (χ0n) is 20.4. The number of fused-ring (bicyclic) bond motifs is 1. The number of alkyl halides is 3. The van der Waals surface area contributed by atoms with Crippen molar-refractivity contribution in [2.75, 3.05) is 12.4 Å². The monoisotopic (exact) mass is 537 g/mol. The van der Waals surface area contributed by atoms with Crippen LogP contribution in [-0.4, -0.2) is 23.2 Å². The van der Waals surface area contributed by atoms with E-state index in [1.807, 2.05) is 49.4 Å². The van der Waals surface area contributed by atoms with E-state index in [2.05, 4.69) is 15.5 Å². The van der Waals surface area contributed by atoms with Crippen molar-refractivity contribution in [3.05, 3.63) is 99.6 Å². The van der Waals surface area contributed by atoms with Crippen molar-refractivity contribution in [2.24, 2.45) is 0 Å². The number of halogens is 3. The summed E-state index contributed by atoms with van der Waals surface area (Å²) in [6.45, 7) is 2.14. The Bertz CT molecular complexity index is 1600. The summed E-state index contributed by atoms with van der Waals surface area (Å²) >= 11 is 1.20. The van der Waals surface area contributed by atoms with Crippen molar-refractivity contribution in [3.63, 3.8) is 0 Å². The minimum Gasteiger partial charge on any atom is -0.465 e. The number of esters is 1. The maximum Gasteiger partial charge on any atom is 0.416 e.